The number of carbonyl (C=O) groups excluding carboxylic acids is 1. The molecule has 0 heterocycles. The van der Waals surface area contributed by atoms with Crippen LogP contribution in [0.25, 0.3) is 12.7 Å². The number of nitrogens with zero attached hydrogens (tertiary/aromatic N) is 1. The van der Waals surface area contributed by atoms with E-state index >= 15 is 0 Å². The molecule has 2 aliphatic rings. The molecule has 5 nitrogen and oxygen atoms in total. The first kappa shape index (κ1) is 58.4. The highest BCUT2D eigenvalue weighted by atomic mass is 19.1. The Bertz CT molecular complexity index is 1210. The first-order valence-electron chi connectivity index (χ1n) is 21.7. The Balaban J connectivity index is -0.000000317. The van der Waals surface area contributed by atoms with Crippen molar-refractivity contribution in [2.45, 2.75) is 200 Å². The first-order valence-corrected chi connectivity index (χ1v) is 21.7. The van der Waals surface area contributed by atoms with Gasteiger partial charge in [-0.25, -0.2) is 4.39 Å². The number of allylic oxidation sites excluding steroid dienone is 4. The van der Waals surface area contributed by atoms with E-state index in [2.05, 4.69) is 60.3 Å². The summed E-state index contributed by atoms with van der Waals surface area (Å²) in [6.45, 7) is 38.9. The number of hydrogen-bond donors (Lipinski definition) is 3. The number of halogens is 1. The Labute approximate surface area is 335 Å². The van der Waals surface area contributed by atoms with E-state index in [1.807, 2.05) is 61.5 Å². The van der Waals surface area contributed by atoms with Crippen molar-refractivity contribution < 1.29 is 19.4 Å². The highest BCUT2D eigenvalue weighted by Crippen LogP contribution is 2.36. The summed E-state index contributed by atoms with van der Waals surface area (Å²) < 4.78 is 11.9. The SMILES string of the molecule is C=c1ccc(C(=O)N(CCC)C(C)C(O)O)c/c1=C/C.CC.CC.CC.CCC(C)(N)F.CCC(C)CC1CC(C)CC(C)C1.CCC1=CC=C(C)CC1. The van der Waals surface area contributed by atoms with Crippen LogP contribution in [-0.2, 0) is 0 Å². The molecule has 6 heteroatoms. The van der Waals surface area contributed by atoms with Crippen LogP contribution in [0, 0.1) is 23.7 Å². The third kappa shape index (κ3) is 28.2. The summed E-state index contributed by atoms with van der Waals surface area (Å²) in [5.41, 5.74) is 8.52. The van der Waals surface area contributed by atoms with Gasteiger partial charge in [0.15, 0.2) is 12.1 Å². The van der Waals surface area contributed by atoms with Crippen molar-refractivity contribution in [2.24, 2.45) is 29.4 Å². The average molecular weight is 763 g/mol. The van der Waals surface area contributed by atoms with Crippen molar-refractivity contribution in [2.75, 3.05) is 6.54 Å². The van der Waals surface area contributed by atoms with Crippen LogP contribution in [0.5, 0.6) is 0 Å². The lowest BCUT2D eigenvalue weighted by Crippen LogP contribution is -2.46. The zero-order chi connectivity index (χ0) is 43.0. The van der Waals surface area contributed by atoms with Crippen LogP contribution in [0.3, 0.4) is 0 Å². The lowest BCUT2D eigenvalue weighted by molar-refractivity contribution is -0.0875. The lowest BCUT2D eigenvalue weighted by Gasteiger charge is -2.32. The van der Waals surface area contributed by atoms with Gasteiger partial charge in [0, 0.05) is 12.1 Å². The second-order valence-corrected chi connectivity index (χ2v) is 14.7. The van der Waals surface area contributed by atoms with Crippen LogP contribution in [-0.4, -0.2) is 45.7 Å². The van der Waals surface area contributed by atoms with Gasteiger partial charge in [0.1, 0.15) is 0 Å². The van der Waals surface area contributed by atoms with Gasteiger partial charge >= 0.3 is 0 Å². The van der Waals surface area contributed by atoms with E-state index in [1.54, 1.807) is 37.6 Å². The third-order valence-electron chi connectivity index (χ3n) is 9.65. The molecular formula is C48H91FN2O3. The molecule has 318 valence electrons. The van der Waals surface area contributed by atoms with E-state index in [9.17, 15) is 19.4 Å². The van der Waals surface area contributed by atoms with E-state index in [1.165, 1.54) is 68.8 Å². The third-order valence-corrected chi connectivity index (χ3v) is 9.65. The van der Waals surface area contributed by atoms with Crippen molar-refractivity contribution in [1.29, 1.82) is 0 Å². The molecule has 0 spiro atoms. The van der Waals surface area contributed by atoms with Crippen LogP contribution < -0.4 is 16.2 Å². The zero-order valence-electron chi connectivity index (χ0n) is 38.6. The van der Waals surface area contributed by atoms with Crippen molar-refractivity contribution in [1.82, 2.24) is 4.90 Å². The Kier molecular flexibility index (Phi) is 38.0. The number of nitrogens with two attached hydrogens (primary N) is 1. The Hall–Kier alpha value is -2.28. The minimum atomic E-state index is -1.55. The molecule has 0 bridgehead atoms. The van der Waals surface area contributed by atoms with E-state index in [0.717, 1.165) is 40.5 Å². The molecule has 54 heavy (non-hydrogen) atoms. The largest absolute Gasteiger partial charge is 0.366 e. The summed E-state index contributed by atoms with van der Waals surface area (Å²) in [4.78, 5) is 14.0. The van der Waals surface area contributed by atoms with Crippen LogP contribution in [0.1, 0.15) is 192 Å². The van der Waals surface area contributed by atoms with Gasteiger partial charge in [-0.3, -0.25) is 10.5 Å². The summed E-state index contributed by atoms with van der Waals surface area (Å²) in [6, 6.07) is 4.66. The second-order valence-electron chi connectivity index (χ2n) is 14.7. The molecule has 0 aromatic heterocycles. The van der Waals surface area contributed by atoms with Crippen molar-refractivity contribution >= 4 is 18.6 Å². The fraction of sp³-hybridized carbons (Fsp3) is 0.729. The van der Waals surface area contributed by atoms with E-state index in [4.69, 9.17) is 5.73 Å². The molecule has 1 saturated carbocycles. The molecule has 1 aromatic rings. The van der Waals surface area contributed by atoms with Crippen LogP contribution in [0.4, 0.5) is 4.39 Å². The number of aliphatic hydroxyl groups is 2. The first-order chi connectivity index (χ1) is 25.4. The molecule has 0 aliphatic heterocycles. The van der Waals surface area contributed by atoms with Crippen LogP contribution in [0.15, 0.2) is 41.5 Å². The van der Waals surface area contributed by atoms with Gasteiger partial charge in [-0.1, -0.05) is 138 Å². The number of amides is 1. The molecule has 5 atom stereocenters. The maximum absolute atomic E-state index is 12.5. The number of rotatable bonds is 10. The maximum atomic E-state index is 12.5. The standard InChI is InChI=1S/C16H23NO3.C13H26.C9H14.C4H10FN.3C2H6/c1-5-9-17(12(4)16(19)20)15(18)14-8-7-11(3)13(6-2)10-14;1-5-10(2)7-13-8-11(3)6-12(4)9-13;1-3-9-6-4-8(2)5-7-9;1-3-4(2,5)6;3*1-2/h6-8,10,12,16,19-20H,3,5,9H2,1-2,4H3;10-13H,5-9H2,1-4H3;4,6H,3,5,7H2,1-2H3;3,6H2,1-2H3;3*1-2H3/b13-6-;;;;;;. The van der Waals surface area contributed by atoms with Crippen LogP contribution in [0.2, 0.25) is 0 Å². The van der Waals surface area contributed by atoms with Gasteiger partial charge in [-0.15, -0.1) is 0 Å². The molecule has 1 fully saturated rings. The highest BCUT2D eigenvalue weighted by Gasteiger charge is 2.26. The minimum absolute atomic E-state index is 0.199. The second kappa shape index (κ2) is 35.2. The average Bonchev–Trinajstić information content (AvgIpc) is 3.16. The number of benzene rings is 1. The summed E-state index contributed by atoms with van der Waals surface area (Å²) >= 11 is 0. The van der Waals surface area contributed by atoms with Gasteiger partial charge < -0.3 is 15.1 Å². The van der Waals surface area contributed by atoms with Gasteiger partial charge in [0.25, 0.3) is 5.91 Å². The molecule has 2 aliphatic carbocycles. The van der Waals surface area contributed by atoms with Gasteiger partial charge in [-0.05, 0) is 132 Å². The van der Waals surface area contributed by atoms with Gasteiger partial charge in [-0.2, -0.15) is 0 Å². The normalized spacial score (nSPS) is 19.7. The zero-order valence-corrected chi connectivity index (χ0v) is 38.6. The summed E-state index contributed by atoms with van der Waals surface area (Å²) in [6.07, 6.45) is 17.1. The summed E-state index contributed by atoms with van der Waals surface area (Å²) in [5.74, 6) is 2.29. The number of carbonyl (C=O) groups is 1. The van der Waals surface area contributed by atoms with Gasteiger partial charge in [0.2, 0.25) is 0 Å². The summed E-state index contributed by atoms with van der Waals surface area (Å²) in [5, 5.41) is 20.4. The smallest absolute Gasteiger partial charge is 0.254 e. The van der Waals surface area contributed by atoms with E-state index in [0.29, 0.717) is 18.5 Å². The topological polar surface area (TPSA) is 86.8 Å². The molecule has 1 aromatic carbocycles. The number of alkyl halides is 1. The van der Waals surface area contributed by atoms with Gasteiger partial charge in [0.05, 0.1) is 6.04 Å². The van der Waals surface area contributed by atoms with E-state index < -0.39 is 18.1 Å². The molecule has 5 unspecified atom stereocenters. The quantitative estimate of drug-likeness (QED) is 0.164. The monoisotopic (exact) mass is 763 g/mol. The highest BCUT2D eigenvalue weighted by molar-refractivity contribution is 5.94. The Morgan fingerprint density at radius 3 is 1.87 bits per heavy atom. The predicted molar refractivity (Wildman–Crippen MR) is 240 cm³/mol. The lowest BCUT2D eigenvalue weighted by atomic mass is 9.73. The Morgan fingerprint density at radius 1 is 0.981 bits per heavy atom. The van der Waals surface area contributed by atoms with Crippen molar-refractivity contribution in [3.63, 3.8) is 0 Å². The Morgan fingerprint density at radius 2 is 1.50 bits per heavy atom. The minimum Gasteiger partial charge on any atom is -0.366 e. The fourth-order valence-corrected chi connectivity index (χ4v) is 6.18. The molecule has 1 amide bonds. The molecule has 0 saturated heterocycles. The summed E-state index contributed by atoms with van der Waals surface area (Å²) in [7, 11) is 0. The number of hydrogen-bond acceptors (Lipinski definition) is 4. The number of aliphatic hydroxyl groups excluding tert-OH is 1. The molecule has 4 N–H and O–H groups in total. The van der Waals surface area contributed by atoms with Crippen molar-refractivity contribution in [3.05, 3.63) is 57.5 Å². The molecule has 0 radical (unpaired) electrons. The molecular weight excluding hydrogens is 672 g/mol. The fourth-order valence-electron chi connectivity index (χ4n) is 6.18. The maximum Gasteiger partial charge on any atom is 0.254 e. The molecule has 3 rings (SSSR count). The van der Waals surface area contributed by atoms with Crippen molar-refractivity contribution in [3.8, 4) is 0 Å². The predicted octanol–water partition coefficient (Wildman–Crippen LogP) is 12.1. The van der Waals surface area contributed by atoms with Crippen LogP contribution >= 0.6 is 0 Å². The van der Waals surface area contributed by atoms with E-state index in [-0.39, 0.29) is 5.91 Å².